The van der Waals surface area contributed by atoms with E-state index in [4.69, 9.17) is 27.9 Å². The third-order valence-electron chi connectivity index (χ3n) is 4.07. The van der Waals surface area contributed by atoms with Gasteiger partial charge in [-0.1, -0.05) is 30.1 Å². The Bertz CT molecular complexity index is 1190. The van der Waals surface area contributed by atoms with Crippen LogP contribution in [0.2, 0.25) is 10.0 Å². The lowest BCUT2D eigenvalue weighted by molar-refractivity contribution is 0.101. The van der Waals surface area contributed by atoms with Gasteiger partial charge in [-0.15, -0.1) is 0 Å². The highest BCUT2D eigenvalue weighted by Gasteiger charge is 2.17. The molecule has 2 aromatic carbocycles. The zero-order valence-corrected chi connectivity index (χ0v) is 18.0. The molecule has 0 aliphatic heterocycles. The maximum Gasteiger partial charge on any atom is 0.276 e. The maximum atomic E-state index is 12.5. The van der Waals surface area contributed by atoms with Crippen LogP contribution >= 0.6 is 23.2 Å². The number of hydrogen-bond donors (Lipinski definition) is 2. The van der Waals surface area contributed by atoms with Crippen molar-refractivity contribution in [2.24, 2.45) is 0 Å². The Kier molecular flexibility index (Phi) is 6.55. The number of nitrogens with zero attached hydrogens (tertiary/aromatic N) is 2. The molecule has 0 bridgehead atoms. The van der Waals surface area contributed by atoms with Crippen LogP contribution < -0.4 is 10.1 Å². The van der Waals surface area contributed by atoms with Gasteiger partial charge in [-0.25, -0.2) is 13.1 Å². The molecular weight excluding hydrogens is 453 g/mol. The number of aromatic hydroxyl groups is 1. The number of halogens is 2. The van der Waals surface area contributed by atoms with Crippen molar-refractivity contribution in [2.75, 3.05) is 11.1 Å². The van der Waals surface area contributed by atoms with Gasteiger partial charge < -0.3 is 15.2 Å². The summed E-state index contributed by atoms with van der Waals surface area (Å²) in [5.41, 5.74) is 0.0113. The summed E-state index contributed by atoms with van der Waals surface area (Å²) >= 11 is 11.9. The summed E-state index contributed by atoms with van der Waals surface area (Å²) in [4.78, 5) is 12.4. The topological polar surface area (TPSA) is 111 Å². The van der Waals surface area contributed by atoms with Gasteiger partial charge in [0, 0.05) is 11.2 Å². The van der Waals surface area contributed by atoms with Crippen molar-refractivity contribution in [1.29, 1.82) is 0 Å². The zero-order chi connectivity index (χ0) is 21.9. The second-order valence-electron chi connectivity index (χ2n) is 6.13. The van der Waals surface area contributed by atoms with Crippen LogP contribution in [0.15, 0.2) is 53.6 Å². The van der Waals surface area contributed by atoms with Crippen molar-refractivity contribution in [3.05, 3.63) is 64.4 Å². The molecule has 0 unspecified atom stereocenters. The molecule has 0 aliphatic carbocycles. The highest BCUT2D eigenvalue weighted by molar-refractivity contribution is 7.91. The Morgan fingerprint density at radius 2 is 1.97 bits per heavy atom. The molecule has 1 aromatic heterocycles. The molecule has 0 saturated carbocycles. The lowest BCUT2D eigenvalue weighted by Crippen LogP contribution is -2.15. The minimum Gasteiger partial charge on any atom is -0.506 e. The molecule has 0 saturated heterocycles. The van der Waals surface area contributed by atoms with Gasteiger partial charge in [0.1, 0.15) is 11.5 Å². The quantitative estimate of drug-likeness (QED) is 0.506. The van der Waals surface area contributed by atoms with E-state index in [1.165, 1.54) is 42.1 Å². The fraction of sp³-hybridized carbons (Fsp3) is 0.158. The highest BCUT2D eigenvalue weighted by Crippen LogP contribution is 2.28. The standard InChI is InChI=1S/C19H17Cl2N3O5S/c1-2-30(27,28)13-4-5-17(25)16(10-13)22-19(26)15-7-8-24(23-15)11-29-18-6-3-12(20)9-14(18)21/h3-10,25H,2,11H2,1H3,(H,22,26). The number of carbonyl (C=O) groups excluding carboxylic acids is 1. The smallest absolute Gasteiger partial charge is 0.276 e. The van der Waals surface area contributed by atoms with Crippen LogP contribution in [0.4, 0.5) is 5.69 Å². The fourth-order valence-corrected chi connectivity index (χ4v) is 3.81. The molecule has 0 aliphatic rings. The van der Waals surface area contributed by atoms with E-state index in [0.29, 0.717) is 15.8 Å². The summed E-state index contributed by atoms with van der Waals surface area (Å²) < 4.78 is 30.9. The molecule has 30 heavy (non-hydrogen) atoms. The minimum absolute atomic E-state index is 0.00290. The lowest BCUT2D eigenvalue weighted by atomic mass is 10.3. The Morgan fingerprint density at radius 1 is 1.20 bits per heavy atom. The minimum atomic E-state index is -3.49. The van der Waals surface area contributed by atoms with Gasteiger partial charge in [-0.2, -0.15) is 5.10 Å². The van der Waals surface area contributed by atoms with E-state index in [1.807, 2.05) is 0 Å². The normalized spacial score (nSPS) is 11.3. The molecule has 158 valence electrons. The molecule has 0 fully saturated rings. The predicted octanol–water partition coefficient (Wildman–Crippen LogP) is 3.98. The number of phenols is 1. The van der Waals surface area contributed by atoms with Gasteiger partial charge in [0.2, 0.25) is 0 Å². The number of aromatic nitrogens is 2. The average molecular weight is 470 g/mol. The van der Waals surface area contributed by atoms with Gasteiger partial charge in [0.25, 0.3) is 5.91 Å². The monoisotopic (exact) mass is 469 g/mol. The molecule has 0 spiro atoms. The maximum absolute atomic E-state index is 12.5. The van der Waals surface area contributed by atoms with E-state index in [-0.39, 0.29) is 34.5 Å². The number of rotatable bonds is 7. The number of sulfone groups is 1. The lowest BCUT2D eigenvalue weighted by Gasteiger charge is -2.09. The number of amides is 1. The van der Waals surface area contributed by atoms with Crippen LogP contribution in [0.1, 0.15) is 17.4 Å². The van der Waals surface area contributed by atoms with Gasteiger partial charge in [-0.3, -0.25) is 4.79 Å². The summed E-state index contributed by atoms with van der Waals surface area (Å²) in [7, 11) is -3.49. The van der Waals surface area contributed by atoms with E-state index < -0.39 is 15.7 Å². The third kappa shape index (κ3) is 5.05. The first-order valence-electron chi connectivity index (χ1n) is 8.68. The first-order chi connectivity index (χ1) is 14.2. The van der Waals surface area contributed by atoms with Crippen LogP contribution in [0.3, 0.4) is 0 Å². The summed E-state index contributed by atoms with van der Waals surface area (Å²) in [6.45, 7) is 1.50. The largest absolute Gasteiger partial charge is 0.506 e. The molecular formula is C19H17Cl2N3O5S. The molecule has 0 radical (unpaired) electrons. The average Bonchev–Trinajstić information content (AvgIpc) is 3.18. The predicted molar refractivity (Wildman–Crippen MR) is 113 cm³/mol. The van der Waals surface area contributed by atoms with E-state index in [9.17, 15) is 18.3 Å². The Labute approximate surface area is 182 Å². The van der Waals surface area contributed by atoms with E-state index in [1.54, 1.807) is 18.2 Å². The first-order valence-corrected chi connectivity index (χ1v) is 11.1. The van der Waals surface area contributed by atoms with E-state index in [0.717, 1.165) is 0 Å². The molecule has 1 amide bonds. The number of ether oxygens (including phenoxy) is 1. The van der Waals surface area contributed by atoms with Crippen molar-refractivity contribution in [3.8, 4) is 11.5 Å². The van der Waals surface area contributed by atoms with Crippen molar-refractivity contribution in [3.63, 3.8) is 0 Å². The molecule has 3 aromatic rings. The summed E-state index contributed by atoms with van der Waals surface area (Å²) in [5, 5.41) is 17.3. The molecule has 11 heteroatoms. The third-order valence-corrected chi connectivity index (χ3v) is 6.34. The van der Waals surface area contributed by atoms with Crippen LogP contribution in [0.25, 0.3) is 0 Å². The van der Waals surface area contributed by atoms with Crippen molar-refractivity contribution < 1.29 is 23.1 Å². The highest BCUT2D eigenvalue weighted by atomic mass is 35.5. The van der Waals surface area contributed by atoms with Crippen LogP contribution in [-0.4, -0.2) is 35.0 Å². The number of carbonyl (C=O) groups is 1. The van der Waals surface area contributed by atoms with Gasteiger partial charge in [-0.05, 0) is 42.5 Å². The van der Waals surface area contributed by atoms with Gasteiger partial charge in [0.15, 0.2) is 22.3 Å². The molecule has 2 N–H and O–H groups in total. The number of benzene rings is 2. The SMILES string of the molecule is CCS(=O)(=O)c1ccc(O)c(NC(=O)c2ccn(COc3ccc(Cl)cc3Cl)n2)c1. The van der Waals surface area contributed by atoms with Crippen molar-refractivity contribution >= 4 is 44.6 Å². The van der Waals surface area contributed by atoms with Crippen LogP contribution in [0, 0.1) is 0 Å². The van der Waals surface area contributed by atoms with Gasteiger partial charge in [0.05, 0.1) is 21.4 Å². The second kappa shape index (κ2) is 8.95. The first kappa shape index (κ1) is 21.9. The number of hydrogen-bond acceptors (Lipinski definition) is 6. The number of anilines is 1. The van der Waals surface area contributed by atoms with Crippen LogP contribution in [0.5, 0.6) is 11.5 Å². The molecule has 0 atom stereocenters. The Morgan fingerprint density at radius 3 is 2.67 bits per heavy atom. The summed E-state index contributed by atoms with van der Waals surface area (Å²) in [5.74, 6) is -0.590. The Hall–Kier alpha value is -2.75. The van der Waals surface area contributed by atoms with Crippen molar-refractivity contribution in [2.45, 2.75) is 18.6 Å². The second-order valence-corrected chi connectivity index (χ2v) is 9.25. The van der Waals surface area contributed by atoms with Crippen molar-refractivity contribution in [1.82, 2.24) is 9.78 Å². The molecule has 3 rings (SSSR count). The number of phenolic OH excluding ortho intramolecular Hbond substituents is 1. The molecule has 1 heterocycles. The van der Waals surface area contributed by atoms with E-state index in [2.05, 4.69) is 10.4 Å². The van der Waals surface area contributed by atoms with Crippen LogP contribution in [-0.2, 0) is 16.6 Å². The summed E-state index contributed by atoms with van der Waals surface area (Å²) in [6, 6.07) is 9.92. The fourth-order valence-electron chi connectivity index (χ4n) is 2.44. The van der Waals surface area contributed by atoms with Gasteiger partial charge >= 0.3 is 0 Å². The Balaban J connectivity index is 1.70. The zero-order valence-electron chi connectivity index (χ0n) is 15.7. The number of nitrogens with one attached hydrogen (secondary N) is 1. The van der Waals surface area contributed by atoms with E-state index >= 15 is 0 Å². The molecule has 8 nitrogen and oxygen atoms in total. The summed E-state index contributed by atoms with van der Waals surface area (Å²) in [6.07, 6.45) is 1.52.